The molecule has 8 heteroatoms. The van der Waals surface area contributed by atoms with Gasteiger partial charge in [-0.15, -0.1) is 0 Å². The molecule has 21 heavy (non-hydrogen) atoms. The van der Waals surface area contributed by atoms with Gasteiger partial charge in [-0.1, -0.05) is 6.07 Å². The number of hydrogen-bond donors (Lipinski definition) is 1. The zero-order chi connectivity index (χ0) is 16.0. The molecule has 108 valence electrons. The molecular formula is C13H11N3O5. The normalized spacial score (nSPS) is 11.0. The summed E-state index contributed by atoms with van der Waals surface area (Å²) in [6.45, 7) is 0.629. The highest BCUT2D eigenvalue weighted by Gasteiger charge is 2.22. The molecule has 1 atom stereocenters. The van der Waals surface area contributed by atoms with Gasteiger partial charge in [0.05, 0.1) is 16.6 Å². The van der Waals surface area contributed by atoms with Gasteiger partial charge >= 0.3 is 5.97 Å². The molecule has 0 fully saturated rings. The van der Waals surface area contributed by atoms with Crippen molar-refractivity contribution in [2.45, 2.75) is 6.92 Å². The van der Waals surface area contributed by atoms with Crippen LogP contribution in [0.1, 0.15) is 17.3 Å². The minimum absolute atomic E-state index is 0.0721. The summed E-state index contributed by atoms with van der Waals surface area (Å²) < 4.78 is 4.70. The Labute approximate surface area is 119 Å². The Kier molecular flexibility index (Phi) is 5.25. The van der Waals surface area contributed by atoms with Crippen molar-refractivity contribution in [3.05, 3.63) is 39.9 Å². The van der Waals surface area contributed by atoms with E-state index in [0.717, 1.165) is 6.07 Å². The first kappa shape index (κ1) is 16.0. The fourth-order valence-electron chi connectivity index (χ4n) is 1.46. The number of Topliss-reactive ketones (excluding diaryl/α,β-unsaturated/α-hetero) is 1. The lowest BCUT2D eigenvalue weighted by Crippen LogP contribution is -2.25. The van der Waals surface area contributed by atoms with Crippen LogP contribution in [-0.4, -0.2) is 29.0 Å². The third-order valence-corrected chi connectivity index (χ3v) is 2.52. The standard InChI is InChI=1S/C13H11N3O5/c1-8(15)11(6-14)12(17)7-21-13(18)9-3-2-4-10(5-9)16(19)20/h2-5,11,15H,7H2,1H3. The second kappa shape index (κ2) is 6.91. The lowest BCUT2D eigenvalue weighted by molar-refractivity contribution is -0.384. The Balaban J connectivity index is 2.73. The zero-order valence-electron chi connectivity index (χ0n) is 11.0. The number of nitro groups is 1. The Bertz CT molecular complexity index is 647. The second-order valence-corrected chi connectivity index (χ2v) is 4.10. The molecule has 1 aromatic rings. The van der Waals surface area contributed by atoms with Crippen molar-refractivity contribution in [3.8, 4) is 6.07 Å². The Morgan fingerprint density at radius 1 is 1.52 bits per heavy atom. The van der Waals surface area contributed by atoms with E-state index in [-0.39, 0.29) is 17.0 Å². The minimum atomic E-state index is -1.26. The lowest BCUT2D eigenvalue weighted by Gasteiger charge is -2.07. The maximum Gasteiger partial charge on any atom is 0.338 e. The lowest BCUT2D eigenvalue weighted by atomic mass is 10.0. The molecule has 1 rings (SSSR count). The summed E-state index contributed by atoms with van der Waals surface area (Å²) >= 11 is 0. The molecule has 0 aliphatic rings. The van der Waals surface area contributed by atoms with Crippen LogP contribution in [0.2, 0.25) is 0 Å². The van der Waals surface area contributed by atoms with Crippen LogP contribution < -0.4 is 0 Å². The first-order valence-corrected chi connectivity index (χ1v) is 5.75. The van der Waals surface area contributed by atoms with Crippen LogP contribution >= 0.6 is 0 Å². The molecule has 0 bridgehead atoms. The van der Waals surface area contributed by atoms with E-state index < -0.39 is 29.2 Å². The van der Waals surface area contributed by atoms with Gasteiger partial charge in [0.2, 0.25) is 0 Å². The van der Waals surface area contributed by atoms with Crippen molar-refractivity contribution in [2.24, 2.45) is 5.92 Å². The van der Waals surface area contributed by atoms with Gasteiger partial charge in [-0.05, 0) is 13.0 Å². The highest BCUT2D eigenvalue weighted by molar-refractivity contribution is 6.06. The number of rotatable bonds is 6. The van der Waals surface area contributed by atoms with Crippen LogP contribution in [0.25, 0.3) is 0 Å². The monoisotopic (exact) mass is 289 g/mol. The van der Waals surface area contributed by atoms with Crippen molar-refractivity contribution >= 4 is 23.2 Å². The van der Waals surface area contributed by atoms with E-state index in [1.54, 1.807) is 6.07 Å². The van der Waals surface area contributed by atoms with Crippen molar-refractivity contribution < 1.29 is 19.2 Å². The first-order chi connectivity index (χ1) is 9.86. The second-order valence-electron chi connectivity index (χ2n) is 4.10. The summed E-state index contributed by atoms with van der Waals surface area (Å²) in [5.41, 5.74) is -0.494. The van der Waals surface area contributed by atoms with E-state index in [2.05, 4.69) is 0 Å². The minimum Gasteiger partial charge on any atom is -0.454 e. The van der Waals surface area contributed by atoms with Gasteiger partial charge < -0.3 is 10.1 Å². The number of nitrogens with one attached hydrogen (secondary N) is 1. The van der Waals surface area contributed by atoms with E-state index in [1.165, 1.54) is 25.1 Å². The van der Waals surface area contributed by atoms with Gasteiger partial charge in [-0.2, -0.15) is 5.26 Å². The summed E-state index contributed by atoms with van der Waals surface area (Å²) in [7, 11) is 0. The number of non-ortho nitro benzene ring substituents is 1. The van der Waals surface area contributed by atoms with E-state index in [9.17, 15) is 19.7 Å². The maximum absolute atomic E-state index is 11.7. The van der Waals surface area contributed by atoms with Gasteiger partial charge in [0.25, 0.3) is 5.69 Å². The van der Waals surface area contributed by atoms with E-state index >= 15 is 0 Å². The van der Waals surface area contributed by atoms with Crippen molar-refractivity contribution in [3.63, 3.8) is 0 Å². The Morgan fingerprint density at radius 3 is 2.71 bits per heavy atom. The number of hydrogen-bond acceptors (Lipinski definition) is 7. The number of ether oxygens (including phenoxy) is 1. The number of carbonyl (C=O) groups is 2. The van der Waals surface area contributed by atoms with Crippen molar-refractivity contribution in [2.75, 3.05) is 6.61 Å². The average molecular weight is 289 g/mol. The predicted molar refractivity (Wildman–Crippen MR) is 70.9 cm³/mol. The molecule has 1 N–H and O–H groups in total. The Hall–Kier alpha value is -3.08. The summed E-state index contributed by atoms with van der Waals surface area (Å²) in [5.74, 6) is -2.89. The van der Waals surface area contributed by atoms with Crippen LogP contribution in [0.5, 0.6) is 0 Å². The van der Waals surface area contributed by atoms with Crippen LogP contribution in [0, 0.1) is 32.8 Å². The van der Waals surface area contributed by atoms with Gasteiger partial charge in [0.1, 0.15) is 5.92 Å². The van der Waals surface area contributed by atoms with Crippen molar-refractivity contribution in [1.82, 2.24) is 0 Å². The molecule has 1 unspecified atom stereocenters. The van der Waals surface area contributed by atoms with Crippen LogP contribution in [0.4, 0.5) is 5.69 Å². The van der Waals surface area contributed by atoms with Gasteiger partial charge in [-0.25, -0.2) is 4.79 Å². The maximum atomic E-state index is 11.7. The smallest absolute Gasteiger partial charge is 0.338 e. The highest BCUT2D eigenvalue weighted by atomic mass is 16.6. The average Bonchev–Trinajstić information content (AvgIpc) is 2.45. The molecule has 0 heterocycles. The molecule has 0 aromatic heterocycles. The fourth-order valence-corrected chi connectivity index (χ4v) is 1.46. The Morgan fingerprint density at radius 2 is 2.19 bits per heavy atom. The van der Waals surface area contributed by atoms with Crippen LogP contribution in [-0.2, 0) is 9.53 Å². The van der Waals surface area contributed by atoms with E-state index in [0.29, 0.717) is 0 Å². The van der Waals surface area contributed by atoms with Gasteiger partial charge in [0.15, 0.2) is 12.4 Å². The SMILES string of the molecule is CC(=N)C(C#N)C(=O)COC(=O)c1cccc([N+](=O)[O-])c1. The molecule has 0 aliphatic carbocycles. The van der Waals surface area contributed by atoms with Crippen LogP contribution in [0.15, 0.2) is 24.3 Å². The molecular weight excluding hydrogens is 278 g/mol. The number of carbonyl (C=O) groups excluding carboxylic acids is 2. The fraction of sp³-hybridized carbons (Fsp3) is 0.231. The third kappa shape index (κ3) is 4.21. The van der Waals surface area contributed by atoms with E-state index in [4.69, 9.17) is 15.4 Å². The number of ketones is 1. The largest absolute Gasteiger partial charge is 0.454 e. The first-order valence-electron chi connectivity index (χ1n) is 5.75. The number of nitriles is 1. The molecule has 0 saturated carbocycles. The van der Waals surface area contributed by atoms with Gasteiger partial charge in [0, 0.05) is 17.8 Å². The van der Waals surface area contributed by atoms with Crippen LogP contribution in [0.3, 0.4) is 0 Å². The quantitative estimate of drug-likeness (QED) is 0.365. The molecule has 1 aromatic carbocycles. The van der Waals surface area contributed by atoms with Gasteiger partial charge in [-0.3, -0.25) is 14.9 Å². The molecule has 0 amide bonds. The molecule has 8 nitrogen and oxygen atoms in total. The summed E-state index contributed by atoms with van der Waals surface area (Å²) in [6, 6.07) is 6.50. The zero-order valence-corrected chi connectivity index (χ0v) is 11.0. The van der Waals surface area contributed by atoms with E-state index in [1.807, 2.05) is 0 Å². The third-order valence-electron chi connectivity index (χ3n) is 2.52. The molecule has 0 saturated heterocycles. The number of esters is 1. The summed E-state index contributed by atoms with van der Waals surface area (Å²) in [5, 5.41) is 26.6. The molecule has 0 radical (unpaired) electrons. The highest BCUT2D eigenvalue weighted by Crippen LogP contribution is 2.14. The predicted octanol–water partition coefficient (Wildman–Crippen LogP) is 1.50. The summed E-state index contributed by atoms with van der Waals surface area (Å²) in [4.78, 5) is 33.2. The van der Waals surface area contributed by atoms with Crippen molar-refractivity contribution in [1.29, 1.82) is 10.7 Å². The number of benzene rings is 1. The molecule has 0 spiro atoms. The number of nitro benzene ring substituents is 1. The topological polar surface area (TPSA) is 134 Å². The molecule has 0 aliphatic heterocycles. The summed E-state index contributed by atoms with van der Waals surface area (Å²) in [6.07, 6.45) is 0. The number of nitrogens with zero attached hydrogens (tertiary/aromatic N) is 2.